The van der Waals surface area contributed by atoms with Gasteiger partial charge in [0.15, 0.2) is 11.0 Å². The molecule has 2 N–H and O–H groups in total. The van der Waals surface area contributed by atoms with Crippen molar-refractivity contribution in [1.29, 1.82) is 0 Å². The normalized spacial score (nSPS) is 11.8. The number of hydrogen-bond acceptors (Lipinski definition) is 7. The fourth-order valence-corrected chi connectivity index (χ4v) is 2.30. The van der Waals surface area contributed by atoms with Crippen molar-refractivity contribution in [3.63, 3.8) is 0 Å². The molecule has 128 valence electrons. The SMILES string of the molecule is CC(NC(=O)Nc1cnc(Cl)nc1Cl)c1ncnn1-c1ncccn1. The monoisotopic (exact) mass is 379 g/mol. The summed E-state index contributed by atoms with van der Waals surface area (Å²) in [5, 5.41) is 9.34. The molecule has 3 aromatic rings. The Hall–Kier alpha value is -2.85. The molecular formula is C13H11Cl2N9O. The summed E-state index contributed by atoms with van der Waals surface area (Å²) in [6.07, 6.45) is 5.83. The lowest BCUT2D eigenvalue weighted by molar-refractivity contribution is 0.248. The highest BCUT2D eigenvalue weighted by atomic mass is 35.5. The maximum absolute atomic E-state index is 12.1. The lowest BCUT2D eigenvalue weighted by Gasteiger charge is -2.14. The Bertz CT molecular complexity index is 886. The molecular weight excluding hydrogens is 369 g/mol. The molecule has 0 saturated heterocycles. The van der Waals surface area contributed by atoms with Gasteiger partial charge in [-0.2, -0.15) is 9.78 Å². The van der Waals surface area contributed by atoms with E-state index in [9.17, 15) is 4.79 Å². The summed E-state index contributed by atoms with van der Waals surface area (Å²) < 4.78 is 1.43. The fourth-order valence-electron chi connectivity index (χ4n) is 1.94. The zero-order valence-electron chi connectivity index (χ0n) is 12.8. The van der Waals surface area contributed by atoms with Gasteiger partial charge in [0.05, 0.1) is 17.9 Å². The van der Waals surface area contributed by atoms with Gasteiger partial charge in [0.2, 0.25) is 5.28 Å². The molecule has 1 atom stereocenters. The van der Waals surface area contributed by atoms with Crippen molar-refractivity contribution in [3.8, 4) is 5.95 Å². The number of anilines is 1. The predicted octanol–water partition coefficient (Wildman–Crippen LogP) is 2.04. The van der Waals surface area contributed by atoms with E-state index < -0.39 is 12.1 Å². The Balaban J connectivity index is 1.71. The van der Waals surface area contributed by atoms with Crippen LogP contribution in [0.25, 0.3) is 5.95 Å². The minimum Gasteiger partial charge on any atom is -0.328 e. The molecule has 25 heavy (non-hydrogen) atoms. The van der Waals surface area contributed by atoms with Gasteiger partial charge in [-0.3, -0.25) is 0 Å². The number of hydrogen-bond donors (Lipinski definition) is 2. The molecule has 3 heterocycles. The van der Waals surface area contributed by atoms with E-state index in [0.29, 0.717) is 11.8 Å². The number of nitrogens with one attached hydrogen (secondary N) is 2. The number of carbonyl (C=O) groups excluding carboxylic acids is 1. The van der Waals surface area contributed by atoms with Crippen LogP contribution in [0, 0.1) is 0 Å². The Kier molecular flexibility index (Phi) is 5.00. The smallest absolute Gasteiger partial charge is 0.319 e. The number of carbonyl (C=O) groups is 1. The summed E-state index contributed by atoms with van der Waals surface area (Å²) in [5.74, 6) is 0.804. The van der Waals surface area contributed by atoms with Gasteiger partial charge in [-0.25, -0.2) is 29.7 Å². The third-order valence-corrected chi connectivity index (χ3v) is 3.48. The minimum absolute atomic E-state index is 0.0136. The highest BCUT2D eigenvalue weighted by molar-refractivity contribution is 6.34. The molecule has 0 fully saturated rings. The first-order valence-corrected chi connectivity index (χ1v) is 7.73. The second-order valence-corrected chi connectivity index (χ2v) is 5.44. The van der Waals surface area contributed by atoms with Gasteiger partial charge in [-0.15, -0.1) is 0 Å². The Morgan fingerprint density at radius 2 is 1.96 bits per heavy atom. The first-order chi connectivity index (χ1) is 12.0. The number of rotatable bonds is 4. The molecule has 3 rings (SSSR count). The first kappa shape index (κ1) is 17.0. The first-order valence-electron chi connectivity index (χ1n) is 6.97. The van der Waals surface area contributed by atoms with Crippen molar-refractivity contribution in [1.82, 2.24) is 40.0 Å². The topological polar surface area (TPSA) is 123 Å². The average molecular weight is 380 g/mol. The number of aromatic nitrogens is 7. The zero-order valence-corrected chi connectivity index (χ0v) is 14.3. The molecule has 2 amide bonds. The van der Waals surface area contributed by atoms with E-state index in [4.69, 9.17) is 23.2 Å². The van der Waals surface area contributed by atoms with E-state index in [1.54, 1.807) is 25.4 Å². The van der Waals surface area contributed by atoms with Crippen LogP contribution in [0.1, 0.15) is 18.8 Å². The van der Waals surface area contributed by atoms with E-state index in [0.717, 1.165) is 0 Å². The molecule has 0 saturated carbocycles. The summed E-state index contributed by atoms with van der Waals surface area (Å²) >= 11 is 11.5. The second kappa shape index (κ2) is 7.36. The number of amides is 2. The van der Waals surface area contributed by atoms with Crippen molar-refractivity contribution in [2.75, 3.05) is 5.32 Å². The molecule has 3 aromatic heterocycles. The molecule has 0 aliphatic carbocycles. The van der Waals surface area contributed by atoms with Gasteiger partial charge < -0.3 is 10.6 Å². The minimum atomic E-state index is -0.524. The standard InChI is InChI=1S/C13H11Cl2N9O/c1-7(10-19-6-20-24(10)12-16-3-2-4-17-12)21-13(25)22-8-5-18-11(15)23-9(8)14/h2-7H,1H3,(H2,21,22,25). The van der Waals surface area contributed by atoms with E-state index in [1.165, 1.54) is 17.2 Å². The highest BCUT2D eigenvalue weighted by Gasteiger charge is 2.18. The molecule has 12 heteroatoms. The summed E-state index contributed by atoms with van der Waals surface area (Å²) in [5.41, 5.74) is 0.226. The Morgan fingerprint density at radius 1 is 1.20 bits per heavy atom. The van der Waals surface area contributed by atoms with Crippen molar-refractivity contribution in [3.05, 3.63) is 47.2 Å². The largest absolute Gasteiger partial charge is 0.328 e. The van der Waals surface area contributed by atoms with Gasteiger partial charge in [0, 0.05) is 12.4 Å². The zero-order chi connectivity index (χ0) is 17.8. The third kappa shape index (κ3) is 3.98. The molecule has 0 radical (unpaired) electrons. The maximum atomic E-state index is 12.1. The lowest BCUT2D eigenvalue weighted by Crippen LogP contribution is -2.33. The van der Waals surface area contributed by atoms with Crippen molar-refractivity contribution >= 4 is 34.9 Å². The highest BCUT2D eigenvalue weighted by Crippen LogP contribution is 2.19. The van der Waals surface area contributed by atoms with Crippen LogP contribution in [-0.4, -0.2) is 40.7 Å². The number of nitrogens with zero attached hydrogens (tertiary/aromatic N) is 7. The third-order valence-electron chi connectivity index (χ3n) is 3.01. The lowest BCUT2D eigenvalue weighted by atomic mass is 10.3. The van der Waals surface area contributed by atoms with Crippen molar-refractivity contribution in [2.24, 2.45) is 0 Å². The summed E-state index contributed by atoms with van der Waals surface area (Å²) in [7, 11) is 0. The van der Waals surface area contributed by atoms with Crippen molar-refractivity contribution in [2.45, 2.75) is 13.0 Å². The molecule has 0 spiro atoms. The van der Waals surface area contributed by atoms with Crippen LogP contribution in [0.5, 0.6) is 0 Å². The van der Waals surface area contributed by atoms with Crippen LogP contribution >= 0.6 is 23.2 Å². The van der Waals surface area contributed by atoms with Crippen molar-refractivity contribution < 1.29 is 4.79 Å². The van der Waals surface area contributed by atoms with Crippen LogP contribution < -0.4 is 10.6 Å². The number of urea groups is 1. The molecule has 0 aliphatic heterocycles. The molecule has 1 unspecified atom stereocenters. The van der Waals surface area contributed by atoms with Crippen LogP contribution in [-0.2, 0) is 0 Å². The Labute approximate surface area is 151 Å². The van der Waals surface area contributed by atoms with Crippen LogP contribution in [0.15, 0.2) is 31.0 Å². The van der Waals surface area contributed by atoms with Crippen LogP contribution in [0.3, 0.4) is 0 Å². The maximum Gasteiger partial charge on any atom is 0.319 e. The number of halogens is 2. The van der Waals surface area contributed by atoms with E-state index in [-0.39, 0.29) is 16.1 Å². The van der Waals surface area contributed by atoms with E-state index >= 15 is 0 Å². The van der Waals surface area contributed by atoms with Gasteiger partial charge in [0.1, 0.15) is 6.33 Å². The summed E-state index contributed by atoms with van der Waals surface area (Å²) in [6.45, 7) is 1.74. The van der Waals surface area contributed by atoms with E-state index in [1.807, 2.05) is 0 Å². The molecule has 10 nitrogen and oxygen atoms in total. The second-order valence-electron chi connectivity index (χ2n) is 4.74. The summed E-state index contributed by atoms with van der Waals surface area (Å²) in [6, 6.07) is 0.676. The van der Waals surface area contributed by atoms with Crippen LogP contribution in [0.2, 0.25) is 10.4 Å². The van der Waals surface area contributed by atoms with Gasteiger partial charge in [-0.1, -0.05) is 11.6 Å². The molecule has 0 bridgehead atoms. The fraction of sp³-hybridized carbons (Fsp3) is 0.154. The summed E-state index contributed by atoms with van der Waals surface area (Å²) in [4.78, 5) is 32.0. The molecule has 0 aromatic carbocycles. The average Bonchev–Trinajstić information content (AvgIpc) is 3.08. The Morgan fingerprint density at radius 3 is 2.68 bits per heavy atom. The van der Waals surface area contributed by atoms with Crippen LogP contribution in [0.4, 0.5) is 10.5 Å². The van der Waals surface area contributed by atoms with Gasteiger partial charge in [0.25, 0.3) is 5.95 Å². The van der Waals surface area contributed by atoms with Gasteiger partial charge in [-0.05, 0) is 24.6 Å². The predicted molar refractivity (Wildman–Crippen MR) is 89.6 cm³/mol. The quantitative estimate of drug-likeness (QED) is 0.524. The molecule has 0 aliphatic rings. The van der Waals surface area contributed by atoms with E-state index in [2.05, 4.69) is 40.7 Å². The van der Waals surface area contributed by atoms with Gasteiger partial charge >= 0.3 is 6.03 Å².